The molecule has 7 heteroatoms. The Kier molecular flexibility index (Phi) is 8.61. The minimum absolute atomic E-state index is 0.00590. The molecule has 0 heterocycles. The first-order valence-electron chi connectivity index (χ1n) is 6.86. The van der Waals surface area contributed by atoms with E-state index in [1.807, 2.05) is 0 Å². The molecule has 21 heavy (non-hydrogen) atoms. The van der Waals surface area contributed by atoms with Crippen LogP contribution in [0.25, 0.3) is 0 Å². The van der Waals surface area contributed by atoms with Crippen molar-refractivity contribution in [1.82, 2.24) is 5.32 Å². The zero-order valence-electron chi connectivity index (χ0n) is 13.4. The van der Waals surface area contributed by atoms with E-state index in [4.69, 9.17) is 9.47 Å². The van der Waals surface area contributed by atoms with Crippen LogP contribution in [0.2, 0.25) is 0 Å². The Balaban J connectivity index is 4.40. The van der Waals surface area contributed by atoms with Gasteiger partial charge >= 0.3 is 11.9 Å². The molecule has 0 spiro atoms. The smallest absolute Gasteiger partial charge is 0.328 e. The minimum atomic E-state index is -0.893. The predicted octanol–water partition coefficient (Wildman–Crippen LogP) is 0.803. The highest BCUT2D eigenvalue weighted by molar-refractivity contribution is 5.85. The Morgan fingerprint density at radius 1 is 1.19 bits per heavy atom. The van der Waals surface area contributed by atoms with Gasteiger partial charge in [-0.3, -0.25) is 9.59 Å². The number of carbonyl (C=O) groups is 3. The van der Waals surface area contributed by atoms with Gasteiger partial charge in [0, 0.05) is 13.0 Å². The zero-order chi connectivity index (χ0) is 16.5. The van der Waals surface area contributed by atoms with Crippen molar-refractivity contribution in [2.45, 2.75) is 52.2 Å². The van der Waals surface area contributed by atoms with Crippen molar-refractivity contribution in [3.8, 4) is 0 Å². The van der Waals surface area contributed by atoms with Crippen molar-refractivity contribution < 1.29 is 28.6 Å². The molecule has 1 amide bonds. The third-order valence-electron chi connectivity index (χ3n) is 2.32. The first kappa shape index (κ1) is 19.4. The lowest BCUT2D eigenvalue weighted by atomic mass is 10.1. The lowest BCUT2D eigenvalue weighted by Gasteiger charge is -2.21. The molecule has 0 aromatic carbocycles. The van der Waals surface area contributed by atoms with Crippen LogP contribution in [0.3, 0.4) is 0 Å². The molecule has 122 valence electrons. The van der Waals surface area contributed by atoms with Crippen LogP contribution >= 0.6 is 0 Å². The van der Waals surface area contributed by atoms with E-state index in [1.165, 1.54) is 7.11 Å². The molecule has 0 radical (unpaired) electrons. The van der Waals surface area contributed by atoms with E-state index in [0.29, 0.717) is 6.61 Å². The number of methoxy groups -OCH3 is 1. The second-order valence-electron chi connectivity index (χ2n) is 5.41. The van der Waals surface area contributed by atoms with Crippen molar-refractivity contribution in [3.05, 3.63) is 0 Å². The van der Waals surface area contributed by atoms with Crippen molar-refractivity contribution in [2.75, 3.05) is 20.3 Å². The van der Waals surface area contributed by atoms with E-state index >= 15 is 0 Å². The molecule has 0 aliphatic carbocycles. The molecular formula is C14H25NO6. The molecule has 0 aromatic rings. The van der Waals surface area contributed by atoms with Crippen molar-refractivity contribution in [3.63, 3.8) is 0 Å². The maximum atomic E-state index is 11.6. The number of ether oxygens (including phenoxy) is 3. The Morgan fingerprint density at radius 2 is 1.81 bits per heavy atom. The summed E-state index contributed by atoms with van der Waals surface area (Å²) < 4.78 is 14.7. The molecule has 0 aliphatic heterocycles. The second-order valence-corrected chi connectivity index (χ2v) is 5.41. The number of hydrogen-bond acceptors (Lipinski definition) is 6. The molecule has 1 N–H and O–H groups in total. The van der Waals surface area contributed by atoms with E-state index in [1.54, 1.807) is 27.7 Å². The third kappa shape index (κ3) is 9.84. The first-order valence-corrected chi connectivity index (χ1v) is 6.86. The molecule has 0 rings (SSSR count). The number of hydrogen-bond donors (Lipinski definition) is 1. The van der Waals surface area contributed by atoms with Crippen LogP contribution in [0.1, 0.15) is 40.5 Å². The van der Waals surface area contributed by atoms with Crippen molar-refractivity contribution >= 4 is 17.8 Å². The normalized spacial score (nSPS) is 12.4. The molecular weight excluding hydrogens is 278 g/mol. The first-order chi connectivity index (χ1) is 9.69. The molecule has 0 unspecified atom stereocenters. The van der Waals surface area contributed by atoms with E-state index in [9.17, 15) is 14.4 Å². The highest BCUT2D eigenvalue weighted by Crippen LogP contribution is 2.10. The van der Waals surface area contributed by atoms with Gasteiger partial charge in [0.25, 0.3) is 0 Å². The van der Waals surface area contributed by atoms with Gasteiger partial charge < -0.3 is 19.5 Å². The summed E-state index contributed by atoms with van der Waals surface area (Å²) in [5, 5.41) is 2.47. The summed E-state index contributed by atoms with van der Waals surface area (Å²) in [6.07, 6.45) is 0.116. The Hall–Kier alpha value is -1.63. The number of amides is 1. The van der Waals surface area contributed by atoms with E-state index in [0.717, 1.165) is 0 Å². The summed E-state index contributed by atoms with van der Waals surface area (Å²) in [4.78, 5) is 34.8. The number of rotatable bonds is 8. The van der Waals surface area contributed by atoms with Gasteiger partial charge in [-0.15, -0.1) is 0 Å². The van der Waals surface area contributed by atoms with Gasteiger partial charge in [-0.2, -0.15) is 0 Å². The Morgan fingerprint density at radius 3 is 2.29 bits per heavy atom. The van der Waals surface area contributed by atoms with Gasteiger partial charge in [0.1, 0.15) is 18.2 Å². The molecule has 0 aromatic heterocycles. The Labute approximate surface area is 125 Å². The third-order valence-corrected chi connectivity index (χ3v) is 2.32. The largest absolute Gasteiger partial charge is 0.467 e. The fraction of sp³-hybridized carbons (Fsp3) is 0.786. The number of carbonyl (C=O) groups excluding carboxylic acids is 3. The predicted molar refractivity (Wildman–Crippen MR) is 75.5 cm³/mol. The van der Waals surface area contributed by atoms with Crippen molar-refractivity contribution in [1.29, 1.82) is 0 Å². The zero-order valence-corrected chi connectivity index (χ0v) is 13.4. The van der Waals surface area contributed by atoms with Crippen LogP contribution in [0.15, 0.2) is 0 Å². The molecule has 0 saturated carbocycles. The minimum Gasteiger partial charge on any atom is -0.467 e. The summed E-state index contributed by atoms with van der Waals surface area (Å²) in [5.41, 5.74) is -0.587. The second kappa shape index (κ2) is 9.33. The van der Waals surface area contributed by atoms with Crippen LogP contribution in [0.4, 0.5) is 0 Å². The van der Waals surface area contributed by atoms with Gasteiger partial charge in [-0.25, -0.2) is 4.79 Å². The molecule has 0 bridgehead atoms. The number of esters is 2. The van der Waals surface area contributed by atoms with E-state index < -0.39 is 29.5 Å². The maximum absolute atomic E-state index is 11.6. The van der Waals surface area contributed by atoms with Gasteiger partial charge in [-0.1, -0.05) is 0 Å². The molecule has 1 atom stereocenters. The number of nitrogens with one attached hydrogen (secondary N) is 1. The fourth-order valence-corrected chi connectivity index (χ4v) is 1.48. The highest BCUT2D eigenvalue weighted by Gasteiger charge is 2.24. The average molecular weight is 303 g/mol. The Bertz CT molecular complexity index is 361. The van der Waals surface area contributed by atoms with Gasteiger partial charge in [0.05, 0.1) is 7.11 Å². The summed E-state index contributed by atoms with van der Waals surface area (Å²) in [7, 11) is 1.22. The molecule has 0 aliphatic rings. The van der Waals surface area contributed by atoms with Crippen LogP contribution in [-0.4, -0.2) is 49.8 Å². The maximum Gasteiger partial charge on any atom is 0.328 e. The lowest BCUT2D eigenvalue weighted by molar-refractivity contribution is -0.155. The SMILES string of the molecule is CCOCC(=O)N[C@H](CCC(=O)OC(C)(C)C)C(=O)OC. The van der Waals surface area contributed by atoms with Gasteiger partial charge in [0.15, 0.2) is 0 Å². The molecule has 7 nitrogen and oxygen atoms in total. The summed E-state index contributed by atoms with van der Waals surface area (Å²) >= 11 is 0. The van der Waals surface area contributed by atoms with Crippen LogP contribution in [-0.2, 0) is 28.6 Å². The molecule has 0 fully saturated rings. The standard InChI is InChI=1S/C14H25NO6/c1-6-20-9-11(16)15-10(13(18)19-5)7-8-12(17)21-14(2,3)4/h10H,6-9H2,1-5H3,(H,15,16)/t10-/m1/s1. The highest BCUT2D eigenvalue weighted by atomic mass is 16.6. The summed E-state index contributed by atoms with van der Waals surface area (Å²) in [5.74, 6) is -1.48. The summed E-state index contributed by atoms with van der Waals surface area (Å²) in [6, 6.07) is -0.893. The van der Waals surface area contributed by atoms with Gasteiger partial charge in [-0.05, 0) is 34.1 Å². The van der Waals surface area contributed by atoms with Crippen LogP contribution in [0, 0.1) is 0 Å². The van der Waals surface area contributed by atoms with Crippen molar-refractivity contribution in [2.24, 2.45) is 0 Å². The monoisotopic (exact) mass is 303 g/mol. The van der Waals surface area contributed by atoms with Crippen LogP contribution in [0.5, 0.6) is 0 Å². The fourth-order valence-electron chi connectivity index (χ4n) is 1.48. The quantitative estimate of drug-likeness (QED) is 0.667. The average Bonchev–Trinajstić information content (AvgIpc) is 2.38. The van der Waals surface area contributed by atoms with Crippen LogP contribution < -0.4 is 5.32 Å². The summed E-state index contributed by atoms with van der Waals surface area (Å²) in [6.45, 7) is 7.28. The topological polar surface area (TPSA) is 90.9 Å². The lowest BCUT2D eigenvalue weighted by Crippen LogP contribution is -2.43. The van der Waals surface area contributed by atoms with Gasteiger partial charge in [0.2, 0.25) is 5.91 Å². The van der Waals surface area contributed by atoms with E-state index in [2.05, 4.69) is 10.1 Å². The van der Waals surface area contributed by atoms with E-state index in [-0.39, 0.29) is 19.4 Å². The molecule has 0 saturated heterocycles.